The number of para-hydroxylation sites is 2. The molecule has 0 aliphatic heterocycles. The molecule has 0 bridgehead atoms. The van der Waals surface area contributed by atoms with Gasteiger partial charge < -0.3 is 19.0 Å². The molecule has 0 aliphatic carbocycles. The van der Waals surface area contributed by atoms with E-state index in [0.717, 1.165) is 34.3 Å². The van der Waals surface area contributed by atoms with Crippen LogP contribution in [-0.4, -0.2) is 42.2 Å². The zero-order valence-electron chi connectivity index (χ0n) is 23.5. The predicted octanol–water partition coefficient (Wildman–Crippen LogP) is 6.19. The van der Waals surface area contributed by atoms with E-state index in [1.165, 1.54) is 9.36 Å². The van der Waals surface area contributed by atoms with Gasteiger partial charge in [-0.25, -0.2) is 9.36 Å². The van der Waals surface area contributed by atoms with E-state index >= 15 is 0 Å². The summed E-state index contributed by atoms with van der Waals surface area (Å²) in [6.07, 6.45) is 6.47. The van der Waals surface area contributed by atoms with Crippen molar-refractivity contribution in [1.29, 1.82) is 0 Å². The quantitative estimate of drug-likeness (QED) is 0.147. The van der Waals surface area contributed by atoms with Gasteiger partial charge in [0.2, 0.25) is 11.8 Å². The first-order valence-electron chi connectivity index (χ1n) is 13.2. The van der Waals surface area contributed by atoms with Crippen LogP contribution in [-0.2, 0) is 33.5 Å². The van der Waals surface area contributed by atoms with Gasteiger partial charge in [-0.3, -0.25) is 9.98 Å². The molecule has 11 heteroatoms. The SMILES string of the molecule is Cc1nn(-c2ccccc2)c(O)c1C=NCc1ccco1.Cc1nn(-c2ccccc2)c(O)c1C=NCc1ccco1.[Pd]. The molecule has 0 aliphatic rings. The first kappa shape index (κ1) is 31.0. The van der Waals surface area contributed by atoms with Crippen molar-refractivity contribution in [3.05, 3.63) is 131 Å². The summed E-state index contributed by atoms with van der Waals surface area (Å²) in [4.78, 5) is 8.56. The minimum atomic E-state index is 0. The number of rotatable bonds is 8. The fourth-order valence-corrected chi connectivity index (χ4v) is 4.11. The van der Waals surface area contributed by atoms with Crippen molar-refractivity contribution in [2.45, 2.75) is 26.9 Å². The van der Waals surface area contributed by atoms with E-state index < -0.39 is 0 Å². The minimum Gasteiger partial charge on any atom is -0.493 e. The molecule has 0 radical (unpaired) electrons. The average Bonchev–Trinajstić information content (AvgIpc) is 3.82. The van der Waals surface area contributed by atoms with Crippen LogP contribution in [0.3, 0.4) is 0 Å². The van der Waals surface area contributed by atoms with Gasteiger partial charge in [-0.05, 0) is 62.4 Å². The maximum Gasteiger partial charge on any atom is 0.223 e. The maximum absolute atomic E-state index is 10.3. The molecule has 43 heavy (non-hydrogen) atoms. The van der Waals surface area contributed by atoms with Crippen LogP contribution in [0.25, 0.3) is 11.4 Å². The fourth-order valence-electron chi connectivity index (χ4n) is 4.11. The first-order valence-corrected chi connectivity index (χ1v) is 13.2. The van der Waals surface area contributed by atoms with Gasteiger partial charge in [-0.2, -0.15) is 10.2 Å². The minimum absolute atomic E-state index is 0. The van der Waals surface area contributed by atoms with E-state index in [2.05, 4.69) is 20.2 Å². The topological polar surface area (TPSA) is 127 Å². The maximum atomic E-state index is 10.3. The number of aromatic nitrogens is 4. The van der Waals surface area contributed by atoms with Crippen molar-refractivity contribution < 1.29 is 39.5 Å². The van der Waals surface area contributed by atoms with Gasteiger partial charge in [-0.15, -0.1) is 0 Å². The molecule has 0 amide bonds. The summed E-state index contributed by atoms with van der Waals surface area (Å²) in [6.45, 7) is 4.55. The number of nitrogens with zero attached hydrogens (tertiary/aromatic N) is 6. The Hall–Kier alpha value is -4.98. The van der Waals surface area contributed by atoms with Crippen molar-refractivity contribution in [3.8, 4) is 23.1 Å². The van der Waals surface area contributed by atoms with Crippen LogP contribution in [0.4, 0.5) is 0 Å². The van der Waals surface area contributed by atoms with E-state index in [4.69, 9.17) is 8.83 Å². The summed E-state index contributed by atoms with van der Waals surface area (Å²) < 4.78 is 13.4. The molecule has 4 aromatic heterocycles. The second kappa shape index (κ2) is 14.8. The van der Waals surface area contributed by atoms with Crippen molar-refractivity contribution >= 4 is 12.4 Å². The number of benzene rings is 2. The summed E-state index contributed by atoms with van der Waals surface area (Å²) in [5.74, 6) is 1.72. The molecule has 0 saturated heterocycles. The molecule has 6 aromatic rings. The van der Waals surface area contributed by atoms with Crippen LogP contribution in [0.5, 0.6) is 11.8 Å². The third-order valence-electron chi connectivity index (χ3n) is 6.26. The number of hydrogen-bond acceptors (Lipinski definition) is 8. The van der Waals surface area contributed by atoms with Crippen LogP contribution in [0.1, 0.15) is 34.0 Å². The summed E-state index contributed by atoms with van der Waals surface area (Å²) in [5, 5.41) is 29.3. The van der Waals surface area contributed by atoms with Crippen molar-refractivity contribution in [2.24, 2.45) is 9.98 Å². The van der Waals surface area contributed by atoms with Crippen molar-refractivity contribution in [1.82, 2.24) is 19.6 Å². The van der Waals surface area contributed by atoms with Crippen molar-refractivity contribution in [2.75, 3.05) is 0 Å². The molecule has 4 heterocycles. The third kappa shape index (κ3) is 7.65. The Balaban J connectivity index is 0.000000192. The Morgan fingerprint density at radius 3 is 1.37 bits per heavy atom. The molecule has 6 rings (SSSR count). The summed E-state index contributed by atoms with van der Waals surface area (Å²) in [7, 11) is 0. The normalized spacial score (nSPS) is 11.0. The molecule has 0 atom stereocenters. The third-order valence-corrected chi connectivity index (χ3v) is 6.26. The second-order valence-corrected chi connectivity index (χ2v) is 9.24. The second-order valence-electron chi connectivity index (χ2n) is 9.24. The van der Waals surface area contributed by atoms with Gasteiger partial charge in [-0.1, -0.05) is 36.4 Å². The summed E-state index contributed by atoms with van der Waals surface area (Å²) in [5.41, 5.74) is 4.29. The van der Waals surface area contributed by atoms with E-state index in [9.17, 15) is 10.2 Å². The van der Waals surface area contributed by atoms with Gasteiger partial charge in [0.1, 0.15) is 11.5 Å². The summed E-state index contributed by atoms with van der Waals surface area (Å²) in [6, 6.07) is 26.3. The number of aromatic hydroxyl groups is 2. The number of hydrogen-bond donors (Lipinski definition) is 2. The standard InChI is InChI=1S/2C16H15N3O2.Pd/c2*1-12-15(11-17-10-14-8-5-9-21-14)16(20)19(18-12)13-6-3-2-4-7-13;/h2*2-9,11,20H,10H2,1H3;. The molecular formula is C32H30N6O4Pd. The predicted molar refractivity (Wildman–Crippen MR) is 160 cm³/mol. The van der Waals surface area contributed by atoms with Gasteiger partial charge in [0.15, 0.2) is 0 Å². The van der Waals surface area contributed by atoms with E-state index in [-0.39, 0.29) is 32.2 Å². The van der Waals surface area contributed by atoms with E-state index in [0.29, 0.717) is 24.2 Å². The Kier molecular flexibility index (Phi) is 10.6. The zero-order valence-corrected chi connectivity index (χ0v) is 25.1. The monoisotopic (exact) mass is 668 g/mol. The van der Waals surface area contributed by atoms with Crippen LogP contribution in [0.2, 0.25) is 0 Å². The van der Waals surface area contributed by atoms with Gasteiger partial charge in [0, 0.05) is 32.9 Å². The largest absolute Gasteiger partial charge is 0.493 e. The summed E-state index contributed by atoms with van der Waals surface area (Å²) >= 11 is 0. The Morgan fingerprint density at radius 1 is 0.628 bits per heavy atom. The van der Waals surface area contributed by atoms with Crippen LogP contribution >= 0.6 is 0 Å². The van der Waals surface area contributed by atoms with Gasteiger partial charge in [0.25, 0.3) is 0 Å². The van der Waals surface area contributed by atoms with E-state index in [1.54, 1.807) is 25.0 Å². The van der Waals surface area contributed by atoms with Gasteiger partial charge >= 0.3 is 0 Å². The molecule has 2 aromatic carbocycles. The first-order chi connectivity index (χ1) is 20.5. The molecule has 222 valence electrons. The zero-order chi connectivity index (χ0) is 29.3. The van der Waals surface area contributed by atoms with Crippen LogP contribution < -0.4 is 0 Å². The molecule has 0 saturated carbocycles. The van der Waals surface area contributed by atoms with Crippen molar-refractivity contribution in [3.63, 3.8) is 0 Å². The molecule has 0 unspecified atom stereocenters. The number of aliphatic imine (C=N–C) groups is 2. The Labute approximate surface area is 262 Å². The molecular weight excluding hydrogens is 639 g/mol. The van der Waals surface area contributed by atoms with Crippen LogP contribution in [0.15, 0.2) is 116 Å². The molecule has 0 spiro atoms. The molecule has 2 N–H and O–H groups in total. The molecule has 10 nitrogen and oxygen atoms in total. The average molecular weight is 669 g/mol. The van der Waals surface area contributed by atoms with Gasteiger partial charge in [0.05, 0.1) is 59.5 Å². The smallest absolute Gasteiger partial charge is 0.223 e. The fraction of sp³-hybridized carbons (Fsp3) is 0.125. The molecule has 0 fully saturated rings. The number of furan rings is 2. The number of aryl methyl sites for hydroxylation is 2. The van der Waals surface area contributed by atoms with Crippen LogP contribution in [0, 0.1) is 13.8 Å². The van der Waals surface area contributed by atoms with E-state index in [1.807, 2.05) is 98.8 Å². The Morgan fingerprint density at radius 2 is 1.02 bits per heavy atom. The Bertz CT molecular complexity index is 1630.